The van der Waals surface area contributed by atoms with E-state index < -0.39 is 0 Å². The van der Waals surface area contributed by atoms with Gasteiger partial charge < -0.3 is 4.74 Å². The topological polar surface area (TPSA) is 33.0 Å². The molecular weight excluding hydrogens is 174 g/mol. The minimum Gasteiger partial charge on any atom is -0.496 e. The average Bonchev–Trinajstić information content (AvgIpc) is 2.21. The van der Waals surface area contributed by atoms with Crippen molar-refractivity contribution in [3.05, 3.63) is 35.4 Å². The summed E-state index contributed by atoms with van der Waals surface area (Å²) in [5, 5.41) is 8.75. The molecule has 0 saturated heterocycles. The zero-order valence-corrected chi connectivity index (χ0v) is 8.72. The molecule has 2 heteroatoms. The van der Waals surface area contributed by atoms with E-state index in [9.17, 15) is 0 Å². The Bertz CT molecular complexity index is 413. The normalized spacial score (nSPS) is 9.29. The van der Waals surface area contributed by atoms with Gasteiger partial charge in [0.25, 0.3) is 0 Å². The molecule has 0 unspecified atom stereocenters. The van der Waals surface area contributed by atoms with Crippen LogP contribution in [0.4, 0.5) is 0 Å². The molecule has 72 valence electrons. The summed E-state index contributed by atoms with van der Waals surface area (Å²) in [6.07, 6.45) is 0. The molecule has 0 amide bonds. The minimum atomic E-state index is 0.494. The number of allylic oxidation sites excluding steroid dienone is 1. The van der Waals surface area contributed by atoms with Crippen LogP contribution in [-0.2, 0) is 0 Å². The van der Waals surface area contributed by atoms with Crippen molar-refractivity contribution in [3.63, 3.8) is 0 Å². The van der Waals surface area contributed by atoms with E-state index >= 15 is 0 Å². The van der Waals surface area contributed by atoms with Gasteiger partial charge in [-0.25, -0.2) is 0 Å². The SMILES string of the molecule is C=C(C#N)c1ccc(OC)c(C)c1C. The molecule has 0 atom stereocenters. The summed E-state index contributed by atoms with van der Waals surface area (Å²) in [5.74, 6) is 0.844. The lowest BCUT2D eigenvalue weighted by Gasteiger charge is -2.11. The fourth-order valence-corrected chi connectivity index (χ4v) is 1.40. The molecule has 0 aliphatic heterocycles. The summed E-state index contributed by atoms with van der Waals surface area (Å²) in [4.78, 5) is 0. The summed E-state index contributed by atoms with van der Waals surface area (Å²) in [6, 6.07) is 5.78. The monoisotopic (exact) mass is 187 g/mol. The second kappa shape index (κ2) is 3.97. The molecule has 0 aliphatic carbocycles. The lowest BCUT2D eigenvalue weighted by molar-refractivity contribution is 0.411. The van der Waals surface area contributed by atoms with Gasteiger partial charge in [-0.15, -0.1) is 0 Å². The predicted octanol–water partition coefficient (Wildman–Crippen LogP) is 2.85. The summed E-state index contributed by atoms with van der Waals surface area (Å²) < 4.78 is 5.18. The molecule has 0 spiro atoms. The van der Waals surface area contributed by atoms with Gasteiger partial charge >= 0.3 is 0 Å². The highest BCUT2D eigenvalue weighted by molar-refractivity contribution is 5.77. The third-order valence-corrected chi connectivity index (χ3v) is 2.42. The Morgan fingerprint density at radius 1 is 1.36 bits per heavy atom. The Kier molecular flexibility index (Phi) is 2.93. The number of benzene rings is 1. The van der Waals surface area contributed by atoms with Gasteiger partial charge in [0.2, 0.25) is 0 Å². The van der Waals surface area contributed by atoms with Crippen LogP contribution in [0, 0.1) is 25.2 Å². The van der Waals surface area contributed by atoms with E-state index in [0.717, 1.165) is 22.4 Å². The molecular formula is C12H13NO. The van der Waals surface area contributed by atoms with Gasteiger partial charge in [0, 0.05) is 0 Å². The van der Waals surface area contributed by atoms with Crippen LogP contribution < -0.4 is 4.74 Å². The van der Waals surface area contributed by atoms with E-state index in [1.54, 1.807) is 7.11 Å². The quantitative estimate of drug-likeness (QED) is 0.667. The van der Waals surface area contributed by atoms with Crippen LogP contribution in [0.2, 0.25) is 0 Å². The molecule has 0 radical (unpaired) electrons. The molecule has 1 aromatic carbocycles. The van der Waals surface area contributed by atoms with Gasteiger partial charge in [-0.05, 0) is 42.7 Å². The van der Waals surface area contributed by atoms with Gasteiger partial charge in [-0.3, -0.25) is 0 Å². The molecule has 2 nitrogen and oxygen atoms in total. The van der Waals surface area contributed by atoms with Crippen molar-refractivity contribution in [1.82, 2.24) is 0 Å². The van der Waals surface area contributed by atoms with Crippen molar-refractivity contribution in [2.45, 2.75) is 13.8 Å². The Morgan fingerprint density at radius 3 is 2.50 bits per heavy atom. The van der Waals surface area contributed by atoms with Crippen LogP contribution in [0.3, 0.4) is 0 Å². The van der Waals surface area contributed by atoms with Gasteiger partial charge in [-0.2, -0.15) is 5.26 Å². The van der Waals surface area contributed by atoms with E-state index in [4.69, 9.17) is 10.00 Å². The molecule has 0 saturated carbocycles. The lowest BCUT2D eigenvalue weighted by Crippen LogP contribution is -1.94. The van der Waals surface area contributed by atoms with Gasteiger partial charge in [0.1, 0.15) is 5.75 Å². The van der Waals surface area contributed by atoms with E-state index in [1.807, 2.05) is 26.0 Å². The molecule has 1 aromatic rings. The fourth-order valence-electron chi connectivity index (χ4n) is 1.40. The number of rotatable bonds is 2. The van der Waals surface area contributed by atoms with Crippen molar-refractivity contribution in [3.8, 4) is 11.8 Å². The average molecular weight is 187 g/mol. The molecule has 0 fully saturated rings. The summed E-state index contributed by atoms with van der Waals surface area (Å²) in [5.41, 5.74) is 3.50. The number of ether oxygens (including phenoxy) is 1. The molecule has 0 aromatic heterocycles. The van der Waals surface area contributed by atoms with E-state index in [2.05, 4.69) is 12.6 Å². The van der Waals surface area contributed by atoms with Crippen molar-refractivity contribution in [2.75, 3.05) is 7.11 Å². The standard InChI is InChI=1S/C12H13NO/c1-8(7-13)11-5-6-12(14-4)10(3)9(11)2/h5-6H,1H2,2-4H3. The van der Waals surface area contributed by atoms with Gasteiger partial charge in [0.15, 0.2) is 0 Å². The number of nitriles is 1. The summed E-state index contributed by atoms with van der Waals surface area (Å²) in [6.45, 7) is 7.64. The molecule has 0 bridgehead atoms. The van der Waals surface area contributed by atoms with Crippen molar-refractivity contribution in [2.24, 2.45) is 0 Å². The van der Waals surface area contributed by atoms with Crippen LogP contribution in [0.25, 0.3) is 5.57 Å². The highest BCUT2D eigenvalue weighted by atomic mass is 16.5. The Balaban J connectivity index is 3.32. The number of nitrogens with zero attached hydrogens (tertiary/aromatic N) is 1. The number of methoxy groups -OCH3 is 1. The van der Waals surface area contributed by atoms with Crippen LogP contribution in [0.1, 0.15) is 16.7 Å². The first-order valence-corrected chi connectivity index (χ1v) is 4.35. The van der Waals surface area contributed by atoms with E-state index in [-0.39, 0.29) is 0 Å². The Hall–Kier alpha value is -1.75. The smallest absolute Gasteiger partial charge is 0.122 e. The second-order valence-corrected chi connectivity index (χ2v) is 3.16. The first-order valence-electron chi connectivity index (χ1n) is 4.35. The number of hydrogen-bond donors (Lipinski definition) is 0. The maximum absolute atomic E-state index is 8.75. The predicted molar refractivity (Wildman–Crippen MR) is 57.1 cm³/mol. The zero-order valence-electron chi connectivity index (χ0n) is 8.72. The minimum absolute atomic E-state index is 0.494. The Labute approximate surface area is 84.4 Å². The molecule has 0 N–H and O–H groups in total. The lowest BCUT2D eigenvalue weighted by atomic mass is 9.98. The molecule has 0 aliphatic rings. The summed E-state index contributed by atoms with van der Waals surface area (Å²) in [7, 11) is 1.64. The van der Waals surface area contributed by atoms with Gasteiger partial charge in [0.05, 0.1) is 18.8 Å². The highest BCUT2D eigenvalue weighted by Crippen LogP contribution is 2.27. The Morgan fingerprint density at radius 2 is 2.00 bits per heavy atom. The van der Waals surface area contributed by atoms with Crippen molar-refractivity contribution < 1.29 is 4.74 Å². The third-order valence-electron chi connectivity index (χ3n) is 2.42. The first-order chi connectivity index (χ1) is 6.61. The zero-order chi connectivity index (χ0) is 10.7. The third kappa shape index (κ3) is 1.62. The maximum atomic E-state index is 8.75. The summed E-state index contributed by atoms with van der Waals surface area (Å²) >= 11 is 0. The van der Waals surface area contributed by atoms with Crippen molar-refractivity contribution >= 4 is 5.57 Å². The van der Waals surface area contributed by atoms with Crippen molar-refractivity contribution in [1.29, 1.82) is 5.26 Å². The van der Waals surface area contributed by atoms with Crippen LogP contribution >= 0.6 is 0 Å². The van der Waals surface area contributed by atoms with E-state index in [1.165, 1.54) is 0 Å². The van der Waals surface area contributed by atoms with Crippen LogP contribution in [0.5, 0.6) is 5.75 Å². The first kappa shape index (κ1) is 10.3. The maximum Gasteiger partial charge on any atom is 0.122 e. The van der Waals surface area contributed by atoms with Crippen LogP contribution in [0.15, 0.2) is 18.7 Å². The van der Waals surface area contributed by atoms with E-state index in [0.29, 0.717) is 5.57 Å². The van der Waals surface area contributed by atoms with Gasteiger partial charge in [-0.1, -0.05) is 6.58 Å². The number of hydrogen-bond acceptors (Lipinski definition) is 2. The molecule has 14 heavy (non-hydrogen) atoms. The molecule has 0 heterocycles. The molecule has 1 rings (SSSR count). The second-order valence-electron chi connectivity index (χ2n) is 3.16. The largest absolute Gasteiger partial charge is 0.496 e. The fraction of sp³-hybridized carbons (Fsp3) is 0.250. The van der Waals surface area contributed by atoms with Crippen LogP contribution in [-0.4, -0.2) is 7.11 Å². The highest BCUT2D eigenvalue weighted by Gasteiger charge is 2.08.